The van der Waals surface area contributed by atoms with Crippen molar-refractivity contribution < 1.29 is 19.0 Å². The van der Waals surface area contributed by atoms with Crippen LogP contribution in [0.1, 0.15) is 0 Å². The lowest BCUT2D eigenvalue weighted by atomic mass is 10.3. The first-order chi connectivity index (χ1) is 11.9. The minimum atomic E-state index is -0.784. The third-order valence-electron chi connectivity index (χ3n) is 3.19. The van der Waals surface area contributed by atoms with Gasteiger partial charge < -0.3 is 15.2 Å². The number of halogens is 2. The number of hydrogen-bond donors (Lipinski definition) is 2. The van der Waals surface area contributed by atoms with Gasteiger partial charge in [-0.25, -0.2) is 9.37 Å². The van der Waals surface area contributed by atoms with E-state index in [1.54, 1.807) is 30.3 Å². The molecule has 1 amide bonds. The van der Waals surface area contributed by atoms with Gasteiger partial charge in [-0.2, -0.15) is 0 Å². The molecule has 0 saturated heterocycles. The molecule has 0 saturated carbocycles. The highest BCUT2D eigenvalue weighted by Gasteiger charge is 2.13. The number of benzene rings is 1. The van der Waals surface area contributed by atoms with Crippen molar-refractivity contribution in [3.8, 4) is 5.75 Å². The number of aliphatic hydroxyl groups is 1. The molecule has 1 aromatic heterocycles. The maximum absolute atomic E-state index is 12.8. The van der Waals surface area contributed by atoms with Crippen molar-refractivity contribution in [3.05, 3.63) is 52.9 Å². The summed E-state index contributed by atoms with van der Waals surface area (Å²) in [7, 11) is 1.72. The summed E-state index contributed by atoms with van der Waals surface area (Å²) in [5.41, 5.74) is 0. The molecule has 0 aliphatic carbocycles. The standard InChI is InChI=1S/C17H19BrFN3O3/c1-22(10-17(24)21-16-7-2-12(18)8-20-16)9-14(23)11-25-15-5-3-13(19)4-6-15/h2-8,14,23H,9-11H2,1H3,(H,20,21,24). The number of carbonyl (C=O) groups excluding carboxylic acids is 1. The maximum atomic E-state index is 12.8. The molecule has 0 fully saturated rings. The number of aromatic nitrogens is 1. The third-order valence-corrected chi connectivity index (χ3v) is 3.66. The normalized spacial score (nSPS) is 12.0. The number of nitrogens with zero attached hydrogens (tertiary/aromatic N) is 2. The number of likely N-dealkylation sites (N-methyl/N-ethyl adjacent to an activating group) is 1. The lowest BCUT2D eigenvalue weighted by Gasteiger charge is -2.20. The van der Waals surface area contributed by atoms with Gasteiger partial charge in [0.05, 0.1) is 6.54 Å². The fourth-order valence-electron chi connectivity index (χ4n) is 2.08. The maximum Gasteiger partial charge on any atom is 0.239 e. The van der Waals surface area contributed by atoms with E-state index in [1.165, 1.54) is 24.3 Å². The second kappa shape index (κ2) is 9.45. The summed E-state index contributed by atoms with van der Waals surface area (Å²) >= 11 is 3.27. The largest absolute Gasteiger partial charge is 0.491 e. The van der Waals surface area contributed by atoms with Crippen LogP contribution in [0.25, 0.3) is 0 Å². The predicted molar refractivity (Wildman–Crippen MR) is 96.0 cm³/mol. The number of aliphatic hydroxyl groups excluding tert-OH is 1. The molecule has 1 atom stereocenters. The van der Waals surface area contributed by atoms with Crippen molar-refractivity contribution in [2.45, 2.75) is 6.10 Å². The van der Waals surface area contributed by atoms with E-state index in [1.807, 2.05) is 0 Å². The SMILES string of the molecule is CN(CC(=O)Nc1ccc(Br)cn1)CC(O)COc1ccc(F)cc1. The van der Waals surface area contributed by atoms with E-state index in [9.17, 15) is 14.3 Å². The summed E-state index contributed by atoms with van der Waals surface area (Å²) in [6.07, 6.45) is 0.809. The first-order valence-corrected chi connectivity index (χ1v) is 8.38. The molecule has 25 heavy (non-hydrogen) atoms. The average molecular weight is 412 g/mol. The van der Waals surface area contributed by atoms with Gasteiger partial charge in [0.2, 0.25) is 5.91 Å². The van der Waals surface area contributed by atoms with Crippen molar-refractivity contribution >= 4 is 27.7 Å². The molecule has 0 radical (unpaired) electrons. The zero-order chi connectivity index (χ0) is 18.2. The minimum Gasteiger partial charge on any atom is -0.491 e. The minimum absolute atomic E-state index is 0.0475. The highest BCUT2D eigenvalue weighted by Crippen LogP contribution is 2.12. The van der Waals surface area contributed by atoms with Gasteiger partial charge in [-0.05, 0) is 59.4 Å². The van der Waals surface area contributed by atoms with Crippen molar-refractivity contribution in [1.82, 2.24) is 9.88 Å². The summed E-state index contributed by atoms with van der Waals surface area (Å²) in [6, 6.07) is 9.02. The molecule has 0 spiro atoms. The highest BCUT2D eigenvalue weighted by atomic mass is 79.9. The molecule has 1 unspecified atom stereocenters. The fraction of sp³-hybridized carbons (Fsp3) is 0.294. The Morgan fingerprint density at radius 1 is 1.36 bits per heavy atom. The average Bonchev–Trinajstić information content (AvgIpc) is 2.56. The topological polar surface area (TPSA) is 74.7 Å². The number of rotatable bonds is 8. The van der Waals surface area contributed by atoms with Crippen LogP contribution in [0.2, 0.25) is 0 Å². The molecule has 2 aromatic rings. The van der Waals surface area contributed by atoms with Crippen LogP contribution < -0.4 is 10.1 Å². The molecule has 1 heterocycles. The Morgan fingerprint density at radius 3 is 2.72 bits per heavy atom. The second-order valence-electron chi connectivity index (χ2n) is 5.53. The van der Waals surface area contributed by atoms with Gasteiger partial charge in [0.25, 0.3) is 0 Å². The van der Waals surface area contributed by atoms with Gasteiger partial charge >= 0.3 is 0 Å². The van der Waals surface area contributed by atoms with Crippen LogP contribution in [0, 0.1) is 5.82 Å². The molecule has 0 aliphatic heterocycles. The molecule has 0 aliphatic rings. The van der Waals surface area contributed by atoms with Crippen molar-refractivity contribution in [1.29, 1.82) is 0 Å². The van der Waals surface area contributed by atoms with Crippen LogP contribution in [0.4, 0.5) is 10.2 Å². The molecule has 2 N–H and O–H groups in total. The Bertz CT molecular complexity index is 683. The number of pyridine rings is 1. The van der Waals surface area contributed by atoms with Crippen LogP contribution in [0.5, 0.6) is 5.75 Å². The Kier molecular flexibility index (Phi) is 7.30. The van der Waals surface area contributed by atoms with Gasteiger partial charge in [-0.1, -0.05) is 0 Å². The van der Waals surface area contributed by atoms with Crippen molar-refractivity contribution in [2.75, 3.05) is 32.1 Å². The quantitative estimate of drug-likeness (QED) is 0.696. The lowest BCUT2D eigenvalue weighted by molar-refractivity contribution is -0.117. The predicted octanol–water partition coefficient (Wildman–Crippen LogP) is 2.29. The van der Waals surface area contributed by atoms with Crippen molar-refractivity contribution in [3.63, 3.8) is 0 Å². The van der Waals surface area contributed by atoms with Gasteiger partial charge in [0, 0.05) is 17.2 Å². The zero-order valence-corrected chi connectivity index (χ0v) is 15.2. The molecule has 6 nitrogen and oxygen atoms in total. The lowest BCUT2D eigenvalue weighted by Crippen LogP contribution is -2.37. The van der Waals surface area contributed by atoms with Crippen molar-refractivity contribution in [2.24, 2.45) is 0 Å². The second-order valence-corrected chi connectivity index (χ2v) is 6.44. The Balaban J connectivity index is 1.71. The molecule has 8 heteroatoms. The van der Waals surface area contributed by atoms with E-state index in [2.05, 4.69) is 26.2 Å². The van der Waals surface area contributed by atoms with E-state index in [4.69, 9.17) is 4.74 Å². The van der Waals surface area contributed by atoms with E-state index in [-0.39, 0.29) is 31.4 Å². The van der Waals surface area contributed by atoms with Crippen LogP contribution in [0.15, 0.2) is 47.1 Å². The molecule has 134 valence electrons. The summed E-state index contributed by atoms with van der Waals surface area (Å²) < 4.78 is 19.0. The summed E-state index contributed by atoms with van der Waals surface area (Å²) in [4.78, 5) is 17.7. The van der Waals surface area contributed by atoms with Crippen LogP contribution in [-0.4, -0.2) is 53.7 Å². The molecular weight excluding hydrogens is 393 g/mol. The van der Waals surface area contributed by atoms with E-state index in [0.717, 1.165) is 4.47 Å². The van der Waals surface area contributed by atoms with Gasteiger partial charge in [0.1, 0.15) is 30.1 Å². The number of carbonyl (C=O) groups is 1. The number of anilines is 1. The van der Waals surface area contributed by atoms with E-state index in [0.29, 0.717) is 11.6 Å². The Morgan fingerprint density at radius 2 is 2.08 bits per heavy atom. The van der Waals surface area contributed by atoms with E-state index < -0.39 is 6.10 Å². The summed E-state index contributed by atoms with van der Waals surface area (Å²) in [5, 5.41) is 12.7. The van der Waals surface area contributed by atoms with Gasteiger partial charge in [-0.15, -0.1) is 0 Å². The Labute approximate surface area is 153 Å². The zero-order valence-electron chi connectivity index (χ0n) is 13.7. The first kappa shape index (κ1) is 19.3. The smallest absolute Gasteiger partial charge is 0.239 e. The Hall–Kier alpha value is -2.03. The summed E-state index contributed by atoms with van der Waals surface area (Å²) in [5.74, 6) is 0.354. The number of nitrogens with one attached hydrogen (secondary N) is 1. The molecular formula is C17H19BrFN3O3. The van der Waals surface area contributed by atoms with E-state index >= 15 is 0 Å². The number of amides is 1. The molecule has 1 aromatic carbocycles. The van der Waals surface area contributed by atoms with Gasteiger partial charge in [-0.3, -0.25) is 9.69 Å². The highest BCUT2D eigenvalue weighted by molar-refractivity contribution is 9.10. The molecule has 2 rings (SSSR count). The monoisotopic (exact) mass is 411 g/mol. The first-order valence-electron chi connectivity index (χ1n) is 7.59. The van der Waals surface area contributed by atoms with Crippen LogP contribution >= 0.6 is 15.9 Å². The van der Waals surface area contributed by atoms with Gasteiger partial charge in [0.15, 0.2) is 0 Å². The van der Waals surface area contributed by atoms with Crippen LogP contribution in [-0.2, 0) is 4.79 Å². The fourth-order valence-corrected chi connectivity index (χ4v) is 2.31. The number of hydrogen-bond acceptors (Lipinski definition) is 5. The number of ether oxygens (including phenoxy) is 1. The van der Waals surface area contributed by atoms with Crippen LogP contribution in [0.3, 0.4) is 0 Å². The summed E-state index contributed by atoms with van der Waals surface area (Å²) in [6.45, 7) is 0.402. The third kappa shape index (κ3) is 7.16. The molecule has 0 bridgehead atoms.